The normalized spacial score (nSPS) is 10.5. The third-order valence-electron chi connectivity index (χ3n) is 3.27. The van der Waals surface area contributed by atoms with E-state index >= 15 is 0 Å². The van der Waals surface area contributed by atoms with Crippen molar-refractivity contribution >= 4 is 51.1 Å². The molecule has 24 heavy (non-hydrogen) atoms. The third-order valence-corrected chi connectivity index (χ3v) is 4.67. The van der Waals surface area contributed by atoms with E-state index in [1.165, 1.54) is 11.8 Å². The topological polar surface area (TPSA) is 64.0 Å². The molecule has 120 valence electrons. The number of amides is 2. The Hall–Kier alpha value is -2.51. The van der Waals surface area contributed by atoms with E-state index in [1.807, 2.05) is 30.3 Å². The summed E-state index contributed by atoms with van der Waals surface area (Å²) in [6.45, 7) is 0. The van der Waals surface area contributed by atoms with Crippen molar-refractivity contribution in [2.75, 3.05) is 5.75 Å². The van der Waals surface area contributed by atoms with Crippen LogP contribution in [0.15, 0.2) is 60.9 Å². The first-order valence-electron chi connectivity index (χ1n) is 7.13. The molecule has 3 rings (SSSR count). The second-order valence-corrected chi connectivity index (χ2v) is 6.51. The summed E-state index contributed by atoms with van der Waals surface area (Å²) < 4.78 is 2.26. The van der Waals surface area contributed by atoms with Crippen LogP contribution in [0, 0.1) is 0 Å². The number of hydrogen-bond donors (Lipinski definition) is 1. The zero-order chi connectivity index (χ0) is 16.9. The fourth-order valence-electron chi connectivity index (χ4n) is 2.13. The van der Waals surface area contributed by atoms with Gasteiger partial charge in [0.2, 0.25) is 5.91 Å². The maximum Gasteiger partial charge on any atom is 0.257 e. The molecule has 3 aromatic rings. The van der Waals surface area contributed by atoms with Gasteiger partial charge in [0.15, 0.2) is 0 Å². The second kappa shape index (κ2) is 7.37. The van der Waals surface area contributed by atoms with Crippen LogP contribution in [-0.2, 0) is 4.79 Å². The van der Waals surface area contributed by atoms with Gasteiger partial charge in [-0.15, -0.1) is 0 Å². The zero-order valence-corrected chi connectivity index (χ0v) is 14.1. The van der Waals surface area contributed by atoms with Gasteiger partial charge in [0.25, 0.3) is 5.91 Å². The van der Waals surface area contributed by atoms with Crippen LogP contribution in [0.4, 0.5) is 0 Å². The number of carbonyl (C=O) groups excluding carboxylic acids is 2. The Kier molecular flexibility index (Phi) is 5.02. The number of fused-ring (bicyclic) bond motifs is 1. The van der Waals surface area contributed by atoms with E-state index in [0.29, 0.717) is 9.88 Å². The van der Waals surface area contributed by atoms with Crippen molar-refractivity contribution in [3.8, 4) is 0 Å². The van der Waals surface area contributed by atoms with E-state index in [4.69, 9.17) is 12.2 Å². The maximum atomic E-state index is 11.9. The molecule has 0 spiro atoms. The number of benzene rings is 2. The smallest absolute Gasteiger partial charge is 0.257 e. The third kappa shape index (κ3) is 3.69. The number of thioether (sulfide) groups is 1. The predicted molar refractivity (Wildman–Crippen MR) is 99.1 cm³/mol. The molecule has 0 radical (unpaired) electrons. The number of thiocarbonyl (C=S) groups is 1. The van der Waals surface area contributed by atoms with Gasteiger partial charge in [-0.2, -0.15) is 0 Å². The van der Waals surface area contributed by atoms with Crippen molar-refractivity contribution in [3.63, 3.8) is 0 Å². The Bertz CT molecular complexity index is 906. The van der Waals surface area contributed by atoms with Crippen LogP contribution in [0.1, 0.15) is 10.4 Å². The van der Waals surface area contributed by atoms with Gasteiger partial charge in [0.05, 0.1) is 16.8 Å². The number of imide groups is 1. The molecule has 0 aliphatic carbocycles. The number of imidazole rings is 1. The number of nitrogens with zero attached hydrogens (tertiary/aromatic N) is 2. The van der Waals surface area contributed by atoms with Gasteiger partial charge in [-0.05, 0) is 24.3 Å². The Labute approximate surface area is 148 Å². The molecule has 1 heterocycles. The maximum absolute atomic E-state index is 11.9. The summed E-state index contributed by atoms with van der Waals surface area (Å²) in [5.74, 6) is -0.745. The molecule has 0 saturated carbocycles. The van der Waals surface area contributed by atoms with Crippen molar-refractivity contribution in [2.24, 2.45) is 0 Å². The molecule has 1 aromatic heterocycles. The highest BCUT2D eigenvalue weighted by atomic mass is 32.2. The lowest BCUT2D eigenvalue weighted by atomic mass is 10.2. The molecule has 5 nitrogen and oxygen atoms in total. The Morgan fingerprint density at radius 1 is 1.08 bits per heavy atom. The molecule has 1 N–H and O–H groups in total. The second-order valence-electron chi connectivity index (χ2n) is 4.90. The molecule has 0 fully saturated rings. The van der Waals surface area contributed by atoms with Crippen LogP contribution in [0.2, 0.25) is 0 Å². The minimum atomic E-state index is -0.416. The largest absolute Gasteiger partial charge is 0.292 e. The highest BCUT2D eigenvalue weighted by Gasteiger charge is 2.12. The van der Waals surface area contributed by atoms with Gasteiger partial charge < -0.3 is 0 Å². The van der Waals surface area contributed by atoms with Gasteiger partial charge >= 0.3 is 0 Å². The standard InChI is InChI=1S/C17H13N3O2S2/c21-15(19-16(22)12-6-2-1-3-7-12)10-24-17(23)20-11-18-13-8-4-5-9-14(13)20/h1-9,11H,10H2,(H,19,21,22). The van der Waals surface area contributed by atoms with E-state index in [1.54, 1.807) is 35.2 Å². The van der Waals surface area contributed by atoms with Crippen LogP contribution in [-0.4, -0.2) is 31.4 Å². The molecule has 2 amide bonds. The van der Waals surface area contributed by atoms with E-state index in [2.05, 4.69) is 10.3 Å². The summed E-state index contributed by atoms with van der Waals surface area (Å²) in [6.07, 6.45) is 1.63. The average Bonchev–Trinajstić information content (AvgIpc) is 3.04. The molecule has 0 bridgehead atoms. The summed E-state index contributed by atoms with van der Waals surface area (Å²) in [6, 6.07) is 16.2. The first-order valence-corrected chi connectivity index (χ1v) is 8.53. The molecule has 0 saturated heterocycles. The lowest BCUT2D eigenvalue weighted by Crippen LogP contribution is -2.32. The van der Waals surface area contributed by atoms with Crippen LogP contribution >= 0.6 is 24.0 Å². The number of nitrogens with one attached hydrogen (secondary N) is 1. The summed E-state index contributed by atoms with van der Waals surface area (Å²) in [5.41, 5.74) is 2.17. The molecular formula is C17H13N3O2S2. The van der Waals surface area contributed by atoms with Crippen molar-refractivity contribution in [2.45, 2.75) is 0 Å². The first kappa shape index (κ1) is 16.4. The highest BCUT2D eigenvalue weighted by Crippen LogP contribution is 2.16. The highest BCUT2D eigenvalue weighted by molar-refractivity contribution is 8.23. The molecule has 7 heteroatoms. The lowest BCUT2D eigenvalue weighted by Gasteiger charge is -2.06. The van der Waals surface area contributed by atoms with E-state index in [9.17, 15) is 9.59 Å². The van der Waals surface area contributed by atoms with Crippen LogP contribution in [0.25, 0.3) is 11.0 Å². The molecule has 0 aliphatic rings. The van der Waals surface area contributed by atoms with Crippen LogP contribution < -0.4 is 5.32 Å². The van der Waals surface area contributed by atoms with Gasteiger partial charge in [-0.25, -0.2) is 4.98 Å². The van der Waals surface area contributed by atoms with Gasteiger partial charge in [0.1, 0.15) is 10.6 Å². The SMILES string of the molecule is O=C(CSC(=S)n1cnc2ccccc21)NC(=O)c1ccccc1. The summed E-state index contributed by atoms with van der Waals surface area (Å²) in [5, 5.41) is 2.35. The minimum absolute atomic E-state index is 0.0594. The van der Waals surface area contributed by atoms with Crippen LogP contribution in [0.5, 0.6) is 0 Å². The van der Waals surface area contributed by atoms with Crippen molar-refractivity contribution < 1.29 is 9.59 Å². The number of hydrogen-bond acceptors (Lipinski definition) is 5. The number of rotatable bonds is 3. The Morgan fingerprint density at radius 3 is 2.58 bits per heavy atom. The van der Waals surface area contributed by atoms with E-state index in [0.717, 1.165) is 11.0 Å². The van der Waals surface area contributed by atoms with Crippen LogP contribution in [0.3, 0.4) is 0 Å². The fraction of sp³-hybridized carbons (Fsp3) is 0.0588. The first-order chi connectivity index (χ1) is 11.6. The molecular weight excluding hydrogens is 342 g/mol. The monoisotopic (exact) mass is 355 g/mol. The predicted octanol–water partition coefficient (Wildman–Crippen LogP) is 2.86. The van der Waals surface area contributed by atoms with Crippen molar-refractivity contribution in [3.05, 3.63) is 66.5 Å². The Balaban J connectivity index is 1.58. The Morgan fingerprint density at radius 2 is 1.79 bits per heavy atom. The molecule has 0 aliphatic heterocycles. The van der Waals surface area contributed by atoms with Crippen molar-refractivity contribution in [1.29, 1.82) is 0 Å². The summed E-state index contributed by atoms with van der Waals surface area (Å²) in [7, 11) is 0. The molecule has 0 atom stereocenters. The quantitative estimate of drug-likeness (QED) is 0.732. The summed E-state index contributed by atoms with van der Waals surface area (Å²) in [4.78, 5) is 28.1. The van der Waals surface area contributed by atoms with Gasteiger partial charge in [-0.3, -0.25) is 19.5 Å². The zero-order valence-electron chi connectivity index (χ0n) is 12.5. The fourth-order valence-corrected chi connectivity index (χ4v) is 3.06. The summed E-state index contributed by atoms with van der Waals surface area (Å²) >= 11 is 6.53. The van der Waals surface area contributed by atoms with Gasteiger partial charge in [-0.1, -0.05) is 54.3 Å². The average molecular weight is 355 g/mol. The van der Waals surface area contributed by atoms with E-state index in [-0.39, 0.29) is 11.7 Å². The molecule has 2 aromatic carbocycles. The number of para-hydroxylation sites is 2. The van der Waals surface area contributed by atoms with Crippen molar-refractivity contribution in [1.82, 2.24) is 14.9 Å². The van der Waals surface area contributed by atoms with E-state index < -0.39 is 5.91 Å². The number of aromatic nitrogens is 2. The lowest BCUT2D eigenvalue weighted by molar-refractivity contribution is -0.117. The number of carbonyl (C=O) groups is 2. The van der Waals surface area contributed by atoms with Gasteiger partial charge in [0, 0.05) is 5.56 Å². The molecule has 0 unspecified atom stereocenters. The minimum Gasteiger partial charge on any atom is -0.292 e.